The van der Waals surface area contributed by atoms with Crippen LogP contribution in [-0.4, -0.2) is 32.8 Å². The van der Waals surface area contributed by atoms with E-state index in [2.05, 4.69) is 10.4 Å². The third kappa shape index (κ3) is 3.96. The third-order valence-corrected chi connectivity index (χ3v) is 5.14. The molecule has 0 radical (unpaired) electrons. The van der Waals surface area contributed by atoms with Crippen molar-refractivity contribution < 1.29 is 31.9 Å². The number of amides is 3. The van der Waals surface area contributed by atoms with E-state index in [0.717, 1.165) is 22.2 Å². The summed E-state index contributed by atoms with van der Waals surface area (Å²) in [6.07, 6.45) is -7.02. The summed E-state index contributed by atoms with van der Waals surface area (Å²) in [5.41, 5.74) is 0.943. The fourth-order valence-electron chi connectivity index (χ4n) is 3.44. The molecule has 1 N–H and O–H groups in total. The van der Waals surface area contributed by atoms with Gasteiger partial charge in [-0.15, -0.1) is 0 Å². The number of hydrogen-bond acceptors (Lipinski definition) is 4. The molecule has 162 valence electrons. The molecule has 1 saturated heterocycles. The summed E-state index contributed by atoms with van der Waals surface area (Å²) in [6.45, 7) is 5.14. The lowest BCUT2D eigenvalue weighted by Gasteiger charge is -2.20. The maximum Gasteiger partial charge on any atom is 0.419 e. The van der Waals surface area contributed by atoms with Gasteiger partial charge in [-0.2, -0.15) is 18.3 Å². The number of halogens is 4. The number of benzene rings is 1. The zero-order chi connectivity index (χ0) is 22.4. The van der Waals surface area contributed by atoms with Crippen LogP contribution in [0.15, 0.2) is 18.2 Å². The van der Waals surface area contributed by atoms with Crippen molar-refractivity contribution in [2.24, 2.45) is 7.05 Å². The second-order valence-corrected chi connectivity index (χ2v) is 7.12. The quantitative estimate of drug-likeness (QED) is 0.751. The lowest BCUT2D eigenvalue weighted by Crippen LogP contribution is -2.44. The van der Waals surface area contributed by atoms with Crippen LogP contribution in [0.1, 0.15) is 41.1 Å². The van der Waals surface area contributed by atoms with Crippen LogP contribution in [0.25, 0.3) is 0 Å². The van der Waals surface area contributed by atoms with Crippen LogP contribution in [0, 0.1) is 19.7 Å². The Labute approximate surface area is 169 Å². The van der Waals surface area contributed by atoms with Gasteiger partial charge in [0.2, 0.25) is 0 Å². The average Bonchev–Trinajstić information content (AvgIpc) is 3.06. The summed E-state index contributed by atoms with van der Waals surface area (Å²) < 4.78 is 59.4. The summed E-state index contributed by atoms with van der Waals surface area (Å²) >= 11 is 0. The molecule has 0 saturated carbocycles. The molecule has 0 aliphatic carbocycles. The van der Waals surface area contributed by atoms with Gasteiger partial charge in [0.25, 0.3) is 0 Å². The van der Waals surface area contributed by atoms with E-state index in [4.69, 9.17) is 4.74 Å². The lowest BCUT2D eigenvalue weighted by atomic mass is 10.0. The molecule has 30 heavy (non-hydrogen) atoms. The van der Waals surface area contributed by atoms with E-state index in [1.165, 1.54) is 6.92 Å². The number of aryl methyl sites for hydroxylation is 2. The number of nitrogens with one attached hydrogen (secondary N) is 1. The van der Waals surface area contributed by atoms with Crippen LogP contribution in [-0.2, 0) is 24.5 Å². The van der Waals surface area contributed by atoms with Crippen molar-refractivity contribution in [3.05, 3.63) is 52.1 Å². The summed E-state index contributed by atoms with van der Waals surface area (Å²) in [4.78, 5) is 25.6. The minimum absolute atomic E-state index is 0.101. The van der Waals surface area contributed by atoms with Gasteiger partial charge in [-0.1, -0.05) is 0 Å². The highest BCUT2D eigenvalue weighted by molar-refractivity contribution is 5.92. The van der Waals surface area contributed by atoms with Gasteiger partial charge in [-0.25, -0.2) is 18.9 Å². The van der Waals surface area contributed by atoms with Gasteiger partial charge in [0, 0.05) is 24.8 Å². The number of imide groups is 1. The van der Waals surface area contributed by atoms with Gasteiger partial charge in [0.1, 0.15) is 11.9 Å². The first-order valence-electron chi connectivity index (χ1n) is 9.04. The first-order chi connectivity index (χ1) is 13.9. The number of rotatable bonds is 3. The first kappa shape index (κ1) is 21.6. The topological polar surface area (TPSA) is 76.5 Å². The molecule has 7 nitrogen and oxygen atoms in total. The predicted octanol–water partition coefficient (Wildman–Crippen LogP) is 3.99. The van der Waals surface area contributed by atoms with E-state index in [-0.39, 0.29) is 12.1 Å². The molecular formula is C19H20F4N4O3. The second-order valence-electron chi connectivity index (χ2n) is 7.12. The normalized spacial score (nSPS) is 19.2. The highest BCUT2D eigenvalue weighted by atomic mass is 19.4. The van der Waals surface area contributed by atoms with Crippen molar-refractivity contribution in [3.8, 4) is 0 Å². The third-order valence-electron chi connectivity index (χ3n) is 5.14. The molecule has 1 aromatic heterocycles. The highest BCUT2D eigenvalue weighted by Gasteiger charge is 2.44. The van der Waals surface area contributed by atoms with Gasteiger partial charge in [-0.3, -0.25) is 4.68 Å². The molecule has 0 spiro atoms. The summed E-state index contributed by atoms with van der Waals surface area (Å²) in [6, 6.07) is 0.199. The minimum Gasteiger partial charge on any atom is -0.439 e. The Balaban J connectivity index is 1.78. The number of cyclic esters (lactones) is 1. The standard InChI is InChI=1S/C19H20F4N4O3/c1-9-15(10(2)26(4)25-9)8-24-17(28)27-11(3)16(30-18(27)29)12-5-13(19(21,22)23)7-14(20)6-12/h5-7,11,16H,8H2,1-4H3,(H,24,28)/t11-,16-/m0/s1. The molecule has 1 aromatic carbocycles. The van der Waals surface area contributed by atoms with Crippen LogP contribution in [0.5, 0.6) is 0 Å². The van der Waals surface area contributed by atoms with Crippen LogP contribution in [0.3, 0.4) is 0 Å². The average molecular weight is 428 g/mol. The van der Waals surface area contributed by atoms with Crippen LogP contribution in [0.2, 0.25) is 0 Å². The molecular weight excluding hydrogens is 408 g/mol. The summed E-state index contributed by atoms with van der Waals surface area (Å²) in [5, 5.41) is 6.83. The Bertz CT molecular complexity index is 1000. The Morgan fingerprint density at radius 1 is 1.27 bits per heavy atom. The van der Waals surface area contributed by atoms with Crippen molar-refractivity contribution in [1.82, 2.24) is 20.0 Å². The van der Waals surface area contributed by atoms with Crippen LogP contribution in [0.4, 0.5) is 27.2 Å². The molecule has 1 aliphatic heterocycles. The van der Waals surface area contributed by atoms with Gasteiger partial charge < -0.3 is 10.1 Å². The molecule has 0 unspecified atom stereocenters. The van der Waals surface area contributed by atoms with E-state index < -0.39 is 41.8 Å². The number of nitrogens with zero attached hydrogens (tertiary/aromatic N) is 3. The Hall–Kier alpha value is -3.11. The molecule has 11 heteroatoms. The highest BCUT2D eigenvalue weighted by Crippen LogP contribution is 2.37. The van der Waals surface area contributed by atoms with E-state index in [1.54, 1.807) is 18.7 Å². The van der Waals surface area contributed by atoms with Crippen LogP contribution < -0.4 is 5.32 Å². The predicted molar refractivity (Wildman–Crippen MR) is 96.8 cm³/mol. The van der Waals surface area contributed by atoms with E-state index in [1.807, 2.05) is 6.92 Å². The molecule has 1 fully saturated rings. The molecule has 0 bridgehead atoms. The van der Waals surface area contributed by atoms with Crippen molar-refractivity contribution in [2.45, 2.75) is 45.6 Å². The van der Waals surface area contributed by atoms with E-state index >= 15 is 0 Å². The largest absolute Gasteiger partial charge is 0.439 e. The minimum atomic E-state index is -4.76. The Morgan fingerprint density at radius 3 is 2.50 bits per heavy atom. The number of carbonyl (C=O) groups is 2. The first-order valence-corrected chi connectivity index (χ1v) is 9.04. The second kappa shape index (κ2) is 7.62. The fraction of sp³-hybridized carbons (Fsp3) is 0.421. The van der Waals surface area contributed by atoms with Crippen molar-refractivity contribution in [1.29, 1.82) is 0 Å². The Morgan fingerprint density at radius 2 is 1.93 bits per heavy atom. The zero-order valence-corrected chi connectivity index (χ0v) is 16.7. The number of ether oxygens (including phenoxy) is 1. The zero-order valence-electron chi connectivity index (χ0n) is 16.7. The Kier molecular flexibility index (Phi) is 5.48. The number of urea groups is 1. The number of aromatic nitrogens is 2. The number of alkyl halides is 3. The van der Waals surface area contributed by atoms with Gasteiger partial charge >= 0.3 is 18.3 Å². The summed E-state index contributed by atoms with van der Waals surface area (Å²) in [5.74, 6) is -1.12. The molecule has 2 aromatic rings. The molecule has 3 rings (SSSR count). The van der Waals surface area contributed by atoms with Gasteiger partial charge in [0.15, 0.2) is 0 Å². The number of carbonyl (C=O) groups excluding carboxylic acids is 2. The fourth-order valence-corrected chi connectivity index (χ4v) is 3.44. The van der Waals surface area contributed by atoms with Crippen molar-refractivity contribution in [2.75, 3.05) is 0 Å². The molecule has 2 heterocycles. The molecule has 1 aliphatic rings. The SMILES string of the molecule is Cc1nn(C)c(C)c1CNC(=O)N1C(=O)O[C@H](c2cc(F)cc(C(F)(F)F)c2)[C@@H]1C. The van der Waals surface area contributed by atoms with E-state index in [0.29, 0.717) is 17.8 Å². The number of hydrogen-bond donors (Lipinski definition) is 1. The molecule has 2 atom stereocenters. The molecule has 3 amide bonds. The maximum absolute atomic E-state index is 13.7. The monoisotopic (exact) mass is 428 g/mol. The van der Waals surface area contributed by atoms with Crippen LogP contribution >= 0.6 is 0 Å². The van der Waals surface area contributed by atoms with Crippen molar-refractivity contribution >= 4 is 12.1 Å². The van der Waals surface area contributed by atoms with E-state index in [9.17, 15) is 27.2 Å². The smallest absolute Gasteiger partial charge is 0.419 e. The van der Waals surface area contributed by atoms with Crippen molar-refractivity contribution in [3.63, 3.8) is 0 Å². The lowest BCUT2D eigenvalue weighted by molar-refractivity contribution is -0.137. The van der Waals surface area contributed by atoms with Gasteiger partial charge in [0.05, 0.1) is 17.3 Å². The van der Waals surface area contributed by atoms with Gasteiger partial charge in [-0.05, 0) is 44.5 Å². The summed E-state index contributed by atoms with van der Waals surface area (Å²) in [7, 11) is 1.76. The maximum atomic E-state index is 13.7.